The van der Waals surface area contributed by atoms with Gasteiger partial charge < -0.3 is 0 Å². The van der Waals surface area contributed by atoms with Gasteiger partial charge in [0.25, 0.3) is 0 Å². The van der Waals surface area contributed by atoms with Crippen molar-refractivity contribution in [2.75, 3.05) is 0 Å². The molecule has 0 saturated heterocycles. The van der Waals surface area contributed by atoms with E-state index in [1.54, 1.807) is 0 Å². The average Bonchev–Trinajstić information content (AvgIpc) is 2.31. The van der Waals surface area contributed by atoms with Crippen LogP contribution < -0.4 is 0 Å². The van der Waals surface area contributed by atoms with Crippen molar-refractivity contribution in [1.82, 2.24) is 0 Å². The van der Waals surface area contributed by atoms with Crippen molar-refractivity contribution in [3.63, 3.8) is 0 Å². The van der Waals surface area contributed by atoms with Gasteiger partial charge in [0.15, 0.2) is 0 Å². The van der Waals surface area contributed by atoms with Crippen LogP contribution in [0.2, 0.25) is 0 Å². The summed E-state index contributed by atoms with van der Waals surface area (Å²) in [5, 5.41) is 0. The van der Waals surface area contributed by atoms with Gasteiger partial charge in [0.1, 0.15) is 0 Å². The SMILES string of the molecule is CC1(C)CC1C1CCCC1. The maximum absolute atomic E-state index is 2.43. The second-order valence-corrected chi connectivity index (χ2v) is 4.84. The molecule has 0 aromatic heterocycles. The van der Waals surface area contributed by atoms with Crippen molar-refractivity contribution in [3.05, 3.63) is 0 Å². The van der Waals surface area contributed by atoms with E-state index < -0.39 is 0 Å². The van der Waals surface area contributed by atoms with E-state index in [1.807, 2.05) is 0 Å². The largest absolute Gasteiger partial charge is 0.0596 e. The predicted octanol–water partition coefficient (Wildman–Crippen LogP) is 3.22. The van der Waals surface area contributed by atoms with E-state index in [2.05, 4.69) is 13.8 Å². The van der Waals surface area contributed by atoms with Crippen LogP contribution in [0.4, 0.5) is 0 Å². The van der Waals surface area contributed by atoms with Gasteiger partial charge in [-0.05, 0) is 23.7 Å². The van der Waals surface area contributed by atoms with Crippen molar-refractivity contribution < 1.29 is 0 Å². The molecule has 2 saturated carbocycles. The second kappa shape index (κ2) is 1.99. The fourth-order valence-corrected chi connectivity index (χ4v) is 2.67. The van der Waals surface area contributed by atoms with Crippen LogP contribution in [0.5, 0.6) is 0 Å². The third-order valence-corrected chi connectivity index (χ3v) is 3.56. The van der Waals surface area contributed by atoms with Gasteiger partial charge in [0.05, 0.1) is 0 Å². The molecule has 10 heavy (non-hydrogen) atoms. The summed E-state index contributed by atoms with van der Waals surface area (Å²) in [6, 6.07) is 0. The molecule has 0 bridgehead atoms. The zero-order valence-corrected chi connectivity index (χ0v) is 7.19. The highest BCUT2D eigenvalue weighted by Crippen LogP contribution is 2.59. The van der Waals surface area contributed by atoms with E-state index in [0.717, 1.165) is 17.3 Å². The highest BCUT2D eigenvalue weighted by atomic mass is 14.5. The van der Waals surface area contributed by atoms with Crippen LogP contribution in [0, 0.1) is 17.3 Å². The number of rotatable bonds is 1. The summed E-state index contributed by atoms with van der Waals surface area (Å²) in [6.07, 6.45) is 7.61. The standard InChI is InChI=1S/C10H18/c1-10(2)7-9(10)8-5-3-4-6-8/h8-9H,3-7H2,1-2H3. The molecule has 58 valence electrons. The van der Waals surface area contributed by atoms with Crippen molar-refractivity contribution >= 4 is 0 Å². The summed E-state index contributed by atoms with van der Waals surface area (Å²) in [5.74, 6) is 2.23. The van der Waals surface area contributed by atoms with Gasteiger partial charge >= 0.3 is 0 Å². The van der Waals surface area contributed by atoms with Crippen LogP contribution in [0.3, 0.4) is 0 Å². The van der Waals surface area contributed by atoms with Gasteiger partial charge in [-0.25, -0.2) is 0 Å². The zero-order valence-electron chi connectivity index (χ0n) is 7.19. The van der Waals surface area contributed by atoms with Gasteiger partial charge in [0.2, 0.25) is 0 Å². The Hall–Kier alpha value is 0. The topological polar surface area (TPSA) is 0 Å². The van der Waals surface area contributed by atoms with Crippen molar-refractivity contribution in [2.45, 2.75) is 46.0 Å². The first-order chi connectivity index (χ1) is 4.70. The monoisotopic (exact) mass is 138 g/mol. The highest BCUT2D eigenvalue weighted by Gasteiger charge is 2.49. The summed E-state index contributed by atoms with van der Waals surface area (Å²) in [5.41, 5.74) is 0.731. The summed E-state index contributed by atoms with van der Waals surface area (Å²) < 4.78 is 0. The first kappa shape index (κ1) is 6.69. The molecule has 2 rings (SSSR count). The zero-order chi connectivity index (χ0) is 7.19. The van der Waals surface area contributed by atoms with E-state index >= 15 is 0 Å². The molecule has 1 atom stereocenters. The lowest BCUT2D eigenvalue weighted by Crippen LogP contribution is -2.01. The summed E-state index contributed by atoms with van der Waals surface area (Å²) in [7, 11) is 0. The number of hydrogen-bond donors (Lipinski definition) is 0. The molecular weight excluding hydrogens is 120 g/mol. The molecule has 0 amide bonds. The lowest BCUT2D eigenvalue weighted by molar-refractivity contribution is 0.402. The molecular formula is C10H18. The van der Waals surface area contributed by atoms with E-state index in [1.165, 1.54) is 32.1 Å². The third kappa shape index (κ3) is 0.980. The second-order valence-electron chi connectivity index (χ2n) is 4.84. The minimum Gasteiger partial charge on any atom is -0.0596 e. The van der Waals surface area contributed by atoms with Crippen molar-refractivity contribution in [3.8, 4) is 0 Å². The van der Waals surface area contributed by atoms with Crippen molar-refractivity contribution in [1.29, 1.82) is 0 Å². The Bertz CT molecular complexity index is 126. The van der Waals surface area contributed by atoms with Crippen LogP contribution in [-0.2, 0) is 0 Å². The smallest absolute Gasteiger partial charge is 0.0320 e. The quantitative estimate of drug-likeness (QED) is 0.522. The van der Waals surface area contributed by atoms with Gasteiger partial charge in [-0.3, -0.25) is 0 Å². The first-order valence-electron chi connectivity index (χ1n) is 4.70. The maximum atomic E-state index is 2.43. The van der Waals surface area contributed by atoms with E-state index in [-0.39, 0.29) is 0 Å². The molecule has 2 aliphatic carbocycles. The molecule has 0 N–H and O–H groups in total. The molecule has 0 heteroatoms. The summed E-state index contributed by atoms with van der Waals surface area (Å²) >= 11 is 0. The van der Waals surface area contributed by atoms with Crippen LogP contribution in [-0.4, -0.2) is 0 Å². The van der Waals surface area contributed by atoms with Crippen LogP contribution in [0.1, 0.15) is 46.0 Å². The van der Waals surface area contributed by atoms with Crippen molar-refractivity contribution in [2.24, 2.45) is 17.3 Å². The molecule has 0 aromatic rings. The predicted molar refractivity (Wildman–Crippen MR) is 43.8 cm³/mol. The Morgan fingerprint density at radius 1 is 1.10 bits per heavy atom. The molecule has 0 aromatic carbocycles. The van der Waals surface area contributed by atoms with E-state index in [4.69, 9.17) is 0 Å². The molecule has 2 aliphatic rings. The summed E-state index contributed by atoms with van der Waals surface area (Å²) in [6.45, 7) is 4.85. The molecule has 1 unspecified atom stereocenters. The Morgan fingerprint density at radius 3 is 2.00 bits per heavy atom. The average molecular weight is 138 g/mol. The minimum absolute atomic E-state index is 0.731. The molecule has 0 nitrogen and oxygen atoms in total. The van der Waals surface area contributed by atoms with Gasteiger partial charge in [-0.1, -0.05) is 39.5 Å². The van der Waals surface area contributed by atoms with E-state index in [0.29, 0.717) is 0 Å². The molecule has 0 spiro atoms. The first-order valence-corrected chi connectivity index (χ1v) is 4.70. The Kier molecular flexibility index (Phi) is 1.33. The van der Waals surface area contributed by atoms with Gasteiger partial charge in [-0.15, -0.1) is 0 Å². The maximum Gasteiger partial charge on any atom is -0.0320 e. The molecule has 0 heterocycles. The molecule has 0 radical (unpaired) electrons. The van der Waals surface area contributed by atoms with Crippen LogP contribution >= 0.6 is 0 Å². The Balaban J connectivity index is 1.90. The van der Waals surface area contributed by atoms with Gasteiger partial charge in [0, 0.05) is 0 Å². The fraction of sp³-hybridized carbons (Fsp3) is 1.00. The van der Waals surface area contributed by atoms with Crippen LogP contribution in [0.25, 0.3) is 0 Å². The lowest BCUT2D eigenvalue weighted by atomic mass is 9.96. The van der Waals surface area contributed by atoms with Crippen LogP contribution in [0.15, 0.2) is 0 Å². The highest BCUT2D eigenvalue weighted by molar-refractivity contribution is 4.99. The summed E-state index contributed by atoms with van der Waals surface area (Å²) in [4.78, 5) is 0. The van der Waals surface area contributed by atoms with Gasteiger partial charge in [-0.2, -0.15) is 0 Å². The molecule has 0 aliphatic heterocycles. The fourth-order valence-electron chi connectivity index (χ4n) is 2.67. The molecule has 2 fully saturated rings. The Morgan fingerprint density at radius 2 is 1.60 bits per heavy atom. The normalized spacial score (nSPS) is 38.4. The number of hydrogen-bond acceptors (Lipinski definition) is 0. The van der Waals surface area contributed by atoms with E-state index in [9.17, 15) is 0 Å². The third-order valence-electron chi connectivity index (χ3n) is 3.56. The lowest BCUT2D eigenvalue weighted by Gasteiger charge is -2.09. The Labute approximate surface area is 64.0 Å². The minimum atomic E-state index is 0.731.